The van der Waals surface area contributed by atoms with Crippen LogP contribution in [0.15, 0.2) is 30.7 Å². The first-order valence-electron chi connectivity index (χ1n) is 5.40. The van der Waals surface area contributed by atoms with Gasteiger partial charge >= 0.3 is 0 Å². The van der Waals surface area contributed by atoms with Crippen LogP contribution >= 0.6 is 0 Å². The van der Waals surface area contributed by atoms with Gasteiger partial charge in [0.05, 0.1) is 20.5 Å². The van der Waals surface area contributed by atoms with Crippen molar-refractivity contribution >= 4 is 5.78 Å². The Morgan fingerprint density at radius 2 is 1.94 bits per heavy atom. The van der Waals surface area contributed by atoms with E-state index in [-0.39, 0.29) is 5.78 Å². The van der Waals surface area contributed by atoms with Gasteiger partial charge in [-0.1, -0.05) is 0 Å². The van der Waals surface area contributed by atoms with Crippen molar-refractivity contribution < 1.29 is 14.3 Å². The summed E-state index contributed by atoms with van der Waals surface area (Å²) in [6, 6.07) is 5.04. The Balaban J connectivity index is 2.36. The fourth-order valence-electron chi connectivity index (χ4n) is 1.66. The molecule has 0 bridgehead atoms. The predicted octanol–water partition coefficient (Wildman–Crippen LogP) is 1.67. The molecule has 0 atom stereocenters. The number of ketones is 1. The number of methoxy groups -OCH3 is 2. The molecule has 0 radical (unpaired) electrons. The molecule has 0 saturated heterocycles. The molecule has 5 heteroatoms. The largest absolute Gasteiger partial charge is 0.493 e. The lowest BCUT2D eigenvalue weighted by molar-refractivity contribution is 0.103. The quantitative estimate of drug-likeness (QED) is 0.770. The molecule has 18 heavy (non-hydrogen) atoms. The molecular formula is C13H14N2O3. The molecule has 2 rings (SSSR count). The molecular weight excluding hydrogens is 232 g/mol. The first kappa shape index (κ1) is 12.2. The van der Waals surface area contributed by atoms with Crippen LogP contribution in [-0.4, -0.2) is 29.6 Å². The zero-order valence-electron chi connectivity index (χ0n) is 10.5. The summed E-state index contributed by atoms with van der Waals surface area (Å²) < 4.78 is 12.0. The van der Waals surface area contributed by atoms with Gasteiger partial charge in [-0.2, -0.15) is 0 Å². The molecule has 0 aliphatic carbocycles. The number of rotatable bonds is 4. The molecule has 1 aromatic carbocycles. The maximum atomic E-state index is 12.2. The van der Waals surface area contributed by atoms with E-state index in [0.29, 0.717) is 22.8 Å². The number of hydrogen-bond acceptors (Lipinski definition) is 4. The van der Waals surface area contributed by atoms with Gasteiger partial charge in [0.25, 0.3) is 0 Å². The van der Waals surface area contributed by atoms with Gasteiger partial charge in [-0.05, 0) is 18.2 Å². The molecule has 0 unspecified atom stereocenters. The molecule has 0 aliphatic rings. The summed E-state index contributed by atoms with van der Waals surface area (Å²) in [6.07, 6.45) is 3.27. The fraction of sp³-hybridized carbons (Fsp3) is 0.231. The van der Waals surface area contributed by atoms with Crippen molar-refractivity contribution in [1.29, 1.82) is 0 Å². The third-order valence-electron chi connectivity index (χ3n) is 2.58. The molecule has 0 N–H and O–H groups in total. The number of benzene rings is 1. The van der Waals surface area contributed by atoms with Crippen LogP contribution < -0.4 is 9.47 Å². The average Bonchev–Trinajstić information content (AvgIpc) is 2.83. The van der Waals surface area contributed by atoms with Crippen LogP contribution in [0.4, 0.5) is 0 Å². The number of hydrogen-bond donors (Lipinski definition) is 0. The van der Waals surface area contributed by atoms with Gasteiger partial charge in [-0.3, -0.25) is 4.79 Å². The van der Waals surface area contributed by atoms with Gasteiger partial charge < -0.3 is 14.0 Å². The van der Waals surface area contributed by atoms with Gasteiger partial charge in [0, 0.05) is 18.8 Å². The molecule has 0 amide bonds. The Morgan fingerprint density at radius 3 is 2.50 bits per heavy atom. The summed E-state index contributed by atoms with van der Waals surface area (Å²) in [4.78, 5) is 16.2. The summed E-state index contributed by atoms with van der Waals surface area (Å²) in [7, 11) is 4.91. The van der Waals surface area contributed by atoms with E-state index in [1.807, 2.05) is 7.05 Å². The first-order chi connectivity index (χ1) is 8.65. The van der Waals surface area contributed by atoms with E-state index in [1.54, 1.807) is 42.4 Å². The SMILES string of the molecule is COc1ccc(C(=O)c2cn(C)cn2)cc1OC. The van der Waals surface area contributed by atoms with Gasteiger partial charge in [0.2, 0.25) is 5.78 Å². The van der Waals surface area contributed by atoms with E-state index in [0.717, 1.165) is 0 Å². The smallest absolute Gasteiger partial charge is 0.213 e. The van der Waals surface area contributed by atoms with E-state index in [1.165, 1.54) is 7.11 Å². The monoisotopic (exact) mass is 246 g/mol. The first-order valence-corrected chi connectivity index (χ1v) is 5.40. The maximum absolute atomic E-state index is 12.2. The highest BCUT2D eigenvalue weighted by Gasteiger charge is 2.14. The molecule has 1 heterocycles. The van der Waals surface area contributed by atoms with Gasteiger partial charge in [-0.15, -0.1) is 0 Å². The zero-order chi connectivity index (χ0) is 13.1. The molecule has 5 nitrogen and oxygen atoms in total. The van der Waals surface area contributed by atoms with Crippen molar-refractivity contribution in [3.63, 3.8) is 0 Å². The standard InChI is InChI=1S/C13H14N2O3/c1-15-7-10(14-8-15)13(16)9-4-5-11(17-2)12(6-9)18-3/h4-8H,1-3H3. The van der Waals surface area contributed by atoms with Crippen molar-refractivity contribution in [2.45, 2.75) is 0 Å². The Bertz CT molecular complexity index is 575. The van der Waals surface area contributed by atoms with Crippen molar-refractivity contribution in [3.8, 4) is 11.5 Å². The minimum Gasteiger partial charge on any atom is -0.493 e. The minimum absolute atomic E-state index is 0.142. The number of ether oxygens (including phenoxy) is 2. The van der Waals surface area contributed by atoms with Crippen molar-refractivity contribution in [2.75, 3.05) is 14.2 Å². The Labute approximate surface area is 105 Å². The van der Waals surface area contributed by atoms with Gasteiger partial charge in [0.15, 0.2) is 11.5 Å². The topological polar surface area (TPSA) is 53.4 Å². The van der Waals surface area contributed by atoms with E-state index in [4.69, 9.17) is 9.47 Å². The van der Waals surface area contributed by atoms with E-state index < -0.39 is 0 Å². The van der Waals surface area contributed by atoms with Crippen LogP contribution in [0.1, 0.15) is 16.1 Å². The van der Waals surface area contributed by atoms with Crippen molar-refractivity contribution in [3.05, 3.63) is 42.0 Å². The van der Waals surface area contributed by atoms with Crippen LogP contribution in [0.2, 0.25) is 0 Å². The normalized spacial score (nSPS) is 10.2. The molecule has 0 aliphatic heterocycles. The second kappa shape index (κ2) is 4.91. The van der Waals surface area contributed by atoms with Gasteiger partial charge in [0.1, 0.15) is 5.69 Å². The van der Waals surface area contributed by atoms with E-state index in [9.17, 15) is 4.79 Å². The Morgan fingerprint density at radius 1 is 1.22 bits per heavy atom. The number of imidazole rings is 1. The average molecular weight is 246 g/mol. The van der Waals surface area contributed by atoms with Crippen LogP contribution in [0.3, 0.4) is 0 Å². The number of carbonyl (C=O) groups is 1. The molecule has 1 aromatic heterocycles. The zero-order valence-corrected chi connectivity index (χ0v) is 10.5. The van der Waals surface area contributed by atoms with Crippen LogP contribution in [0, 0.1) is 0 Å². The Kier molecular flexibility index (Phi) is 3.32. The van der Waals surface area contributed by atoms with Gasteiger partial charge in [-0.25, -0.2) is 4.98 Å². The lowest BCUT2D eigenvalue weighted by Gasteiger charge is -2.08. The van der Waals surface area contributed by atoms with E-state index in [2.05, 4.69) is 4.98 Å². The Hall–Kier alpha value is -2.30. The second-order valence-corrected chi connectivity index (χ2v) is 3.82. The van der Waals surface area contributed by atoms with Crippen molar-refractivity contribution in [2.24, 2.45) is 7.05 Å². The van der Waals surface area contributed by atoms with Crippen molar-refractivity contribution in [1.82, 2.24) is 9.55 Å². The summed E-state index contributed by atoms with van der Waals surface area (Å²) in [5.74, 6) is 0.978. The third kappa shape index (κ3) is 2.20. The van der Waals surface area contributed by atoms with Crippen LogP contribution in [0.25, 0.3) is 0 Å². The molecule has 2 aromatic rings. The number of carbonyl (C=O) groups excluding carboxylic acids is 1. The summed E-state index contributed by atoms with van der Waals surface area (Å²) in [5, 5.41) is 0. The summed E-state index contributed by atoms with van der Waals surface area (Å²) in [6.45, 7) is 0. The number of aryl methyl sites for hydroxylation is 1. The highest BCUT2D eigenvalue weighted by Crippen LogP contribution is 2.28. The van der Waals surface area contributed by atoms with Crippen LogP contribution in [0.5, 0.6) is 11.5 Å². The molecule has 0 fully saturated rings. The van der Waals surface area contributed by atoms with Crippen LogP contribution in [-0.2, 0) is 7.05 Å². The lowest BCUT2D eigenvalue weighted by Crippen LogP contribution is -2.02. The summed E-state index contributed by atoms with van der Waals surface area (Å²) in [5.41, 5.74) is 0.927. The molecule has 0 saturated carbocycles. The summed E-state index contributed by atoms with van der Waals surface area (Å²) >= 11 is 0. The van der Waals surface area contributed by atoms with E-state index >= 15 is 0 Å². The lowest BCUT2D eigenvalue weighted by atomic mass is 10.1. The second-order valence-electron chi connectivity index (χ2n) is 3.82. The highest BCUT2D eigenvalue weighted by atomic mass is 16.5. The number of nitrogens with zero attached hydrogens (tertiary/aromatic N) is 2. The maximum Gasteiger partial charge on any atom is 0.213 e. The molecule has 0 spiro atoms. The highest BCUT2D eigenvalue weighted by molar-refractivity contribution is 6.07. The number of aromatic nitrogens is 2. The third-order valence-corrected chi connectivity index (χ3v) is 2.58. The minimum atomic E-state index is -0.142. The predicted molar refractivity (Wildman–Crippen MR) is 66.2 cm³/mol. The molecule has 94 valence electrons. The fourth-order valence-corrected chi connectivity index (χ4v) is 1.66.